The second-order valence-electron chi connectivity index (χ2n) is 9.82. The van der Waals surface area contributed by atoms with Crippen LogP contribution in [0.3, 0.4) is 0 Å². The summed E-state index contributed by atoms with van der Waals surface area (Å²) in [5, 5.41) is 0. The lowest BCUT2D eigenvalue weighted by atomic mass is 9.44. The van der Waals surface area contributed by atoms with Crippen LogP contribution in [0.15, 0.2) is 0 Å². The average Bonchev–Trinajstić information content (AvgIpc) is 2.90. The highest BCUT2D eigenvalue weighted by atomic mass is 16.5. The van der Waals surface area contributed by atoms with Crippen molar-refractivity contribution in [1.82, 2.24) is 0 Å². The van der Waals surface area contributed by atoms with Gasteiger partial charge in [0, 0.05) is 18.9 Å². The van der Waals surface area contributed by atoms with E-state index in [1.54, 1.807) is 0 Å². The number of ether oxygens (including phenoxy) is 1. The fourth-order valence-corrected chi connectivity index (χ4v) is 7.76. The summed E-state index contributed by atoms with van der Waals surface area (Å²) in [4.78, 5) is 12.6. The lowest BCUT2D eigenvalue weighted by molar-refractivity contribution is -0.179. The summed E-state index contributed by atoms with van der Waals surface area (Å²) in [7, 11) is 1.89. The van der Waals surface area contributed by atoms with Crippen LogP contribution in [0.4, 0.5) is 0 Å². The number of rotatable bonds is 1. The molecular formula is C23H40O2. The zero-order valence-electron chi connectivity index (χ0n) is 17.4. The minimum absolute atomic E-state index is 0.0919. The molecule has 0 radical (unpaired) electrons. The Bertz CT molecular complexity index is 500. The van der Waals surface area contributed by atoms with E-state index in [-0.39, 0.29) is 5.41 Å². The Morgan fingerprint density at radius 1 is 1.00 bits per heavy atom. The third-order valence-electron chi connectivity index (χ3n) is 8.78. The first-order valence-corrected chi connectivity index (χ1v) is 11.0. The molecule has 4 aliphatic carbocycles. The van der Waals surface area contributed by atoms with Gasteiger partial charge in [0.25, 0.3) is 0 Å². The number of carbonyl (C=O) groups is 1. The molecule has 0 aliphatic heterocycles. The van der Waals surface area contributed by atoms with Gasteiger partial charge >= 0.3 is 0 Å². The van der Waals surface area contributed by atoms with E-state index in [0.717, 1.165) is 37.0 Å². The predicted molar refractivity (Wildman–Crippen MR) is 103 cm³/mol. The third-order valence-corrected chi connectivity index (χ3v) is 8.78. The summed E-state index contributed by atoms with van der Waals surface area (Å²) < 4.78 is 6.08. The Hall–Kier alpha value is -0.370. The third kappa shape index (κ3) is 2.82. The van der Waals surface area contributed by atoms with E-state index in [1.165, 1.54) is 32.1 Å². The van der Waals surface area contributed by atoms with E-state index >= 15 is 0 Å². The zero-order valence-corrected chi connectivity index (χ0v) is 17.4. The van der Waals surface area contributed by atoms with E-state index in [2.05, 4.69) is 20.8 Å². The Labute approximate surface area is 155 Å². The van der Waals surface area contributed by atoms with Crippen molar-refractivity contribution in [3.05, 3.63) is 0 Å². The monoisotopic (exact) mass is 348 g/mol. The van der Waals surface area contributed by atoms with Gasteiger partial charge in [0.2, 0.25) is 0 Å². The molecular weight excluding hydrogens is 308 g/mol. The first kappa shape index (κ1) is 19.4. The number of fused-ring (bicyclic) bond motifs is 5. The molecule has 0 saturated heterocycles. The highest BCUT2D eigenvalue weighted by molar-refractivity contribution is 5.87. The second kappa shape index (κ2) is 6.98. The molecule has 4 saturated carbocycles. The summed E-state index contributed by atoms with van der Waals surface area (Å²) in [6.07, 6.45) is 10.2. The average molecular weight is 349 g/mol. The minimum atomic E-state index is -0.0919. The maximum atomic E-state index is 12.6. The molecule has 0 amide bonds. The van der Waals surface area contributed by atoms with Crippen molar-refractivity contribution in [2.45, 2.75) is 92.1 Å². The zero-order chi connectivity index (χ0) is 18.4. The topological polar surface area (TPSA) is 26.3 Å². The number of carbonyl (C=O) groups excluding carboxylic acids is 1. The molecule has 0 spiro atoms. The Morgan fingerprint density at radius 3 is 2.36 bits per heavy atom. The predicted octanol–water partition coefficient (Wildman–Crippen LogP) is 5.89. The smallest absolute Gasteiger partial charge is 0.139 e. The lowest BCUT2D eigenvalue weighted by Crippen LogP contribution is -2.59. The van der Waals surface area contributed by atoms with Crippen molar-refractivity contribution in [2.24, 2.45) is 40.4 Å². The van der Waals surface area contributed by atoms with E-state index < -0.39 is 0 Å². The summed E-state index contributed by atoms with van der Waals surface area (Å²) in [6.45, 7) is 11.3. The maximum absolute atomic E-state index is 12.6. The van der Waals surface area contributed by atoms with Gasteiger partial charge in [0.1, 0.15) is 5.78 Å². The molecule has 2 nitrogen and oxygen atoms in total. The van der Waals surface area contributed by atoms with E-state index in [0.29, 0.717) is 29.1 Å². The molecule has 0 N–H and O–H groups in total. The molecule has 0 aromatic rings. The van der Waals surface area contributed by atoms with Crippen molar-refractivity contribution in [3.8, 4) is 0 Å². The highest BCUT2D eigenvalue weighted by Gasteiger charge is 2.63. The Morgan fingerprint density at radius 2 is 1.68 bits per heavy atom. The number of methoxy groups -OCH3 is 1. The number of hydrogen-bond acceptors (Lipinski definition) is 2. The van der Waals surface area contributed by atoms with Gasteiger partial charge in [-0.1, -0.05) is 41.0 Å². The highest BCUT2D eigenvalue weighted by Crippen LogP contribution is 2.66. The van der Waals surface area contributed by atoms with Gasteiger partial charge in [0.05, 0.1) is 6.10 Å². The Balaban J connectivity index is 0.000000880. The molecule has 4 fully saturated rings. The van der Waals surface area contributed by atoms with Gasteiger partial charge in [0.15, 0.2) is 0 Å². The van der Waals surface area contributed by atoms with Gasteiger partial charge in [-0.2, -0.15) is 0 Å². The minimum Gasteiger partial charge on any atom is -0.381 e. The lowest BCUT2D eigenvalue weighted by Gasteiger charge is -2.62. The van der Waals surface area contributed by atoms with Crippen molar-refractivity contribution in [1.29, 1.82) is 0 Å². The summed E-state index contributed by atoms with van der Waals surface area (Å²) >= 11 is 0. The van der Waals surface area contributed by atoms with E-state index in [1.807, 2.05) is 21.0 Å². The van der Waals surface area contributed by atoms with Crippen LogP contribution in [0.25, 0.3) is 0 Å². The van der Waals surface area contributed by atoms with Crippen LogP contribution in [0.5, 0.6) is 0 Å². The van der Waals surface area contributed by atoms with Crippen LogP contribution in [0, 0.1) is 40.4 Å². The van der Waals surface area contributed by atoms with Crippen LogP contribution in [0.1, 0.15) is 86.0 Å². The molecule has 8 atom stereocenters. The normalized spacial score (nSPS) is 51.7. The number of hydrogen-bond donors (Lipinski definition) is 0. The fraction of sp³-hybridized carbons (Fsp3) is 0.957. The van der Waals surface area contributed by atoms with Crippen LogP contribution < -0.4 is 0 Å². The number of ketones is 1. The van der Waals surface area contributed by atoms with Gasteiger partial charge < -0.3 is 4.74 Å². The van der Waals surface area contributed by atoms with Crippen LogP contribution >= 0.6 is 0 Å². The largest absolute Gasteiger partial charge is 0.381 e. The van der Waals surface area contributed by atoms with E-state index in [9.17, 15) is 4.79 Å². The SMILES string of the molecule is CC.COC1CC2(C)C(=O)CCC2C2CCC3CC[C@H](C)CC3(C)C12. The molecule has 4 aliphatic rings. The van der Waals surface area contributed by atoms with Crippen LogP contribution in [-0.4, -0.2) is 19.0 Å². The molecule has 4 rings (SSSR count). The summed E-state index contributed by atoms with van der Waals surface area (Å²) in [6, 6.07) is 0. The quantitative estimate of drug-likeness (QED) is 0.591. The molecule has 0 heterocycles. The maximum Gasteiger partial charge on any atom is 0.139 e. The van der Waals surface area contributed by atoms with Crippen molar-refractivity contribution >= 4 is 5.78 Å². The molecule has 2 heteroatoms. The summed E-state index contributed by atoms with van der Waals surface area (Å²) in [5.41, 5.74) is 0.347. The van der Waals surface area contributed by atoms with Crippen molar-refractivity contribution < 1.29 is 9.53 Å². The standard InChI is InChI=1S/C21H34O2.C2H6/c1-13-5-6-14-7-8-15-16-9-10-18(22)21(16,3)12-17(23-4)19(15)20(14,2)11-13;1-2/h13-17,19H,5-12H2,1-4H3;1-2H3/t13-,14?,15?,16?,17?,19?,20?,21?;/m0./s1. The van der Waals surface area contributed by atoms with Gasteiger partial charge in [-0.3, -0.25) is 4.79 Å². The first-order chi connectivity index (χ1) is 11.9. The Kier molecular flexibility index (Phi) is 5.42. The molecule has 0 bridgehead atoms. The van der Waals surface area contributed by atoms with Gasteiger partial charge in [-0.05, 0) is 73.5 Å². The molecule has 0 aromatic carbocycles. The van der Waals surface area contributed by atoms with Crippen LogP contribution in [-0.2, 0) is 9.53 Å². The van der Waals surface area contributed by atoms with Crippen molar-refractivity contribution in [3.63, 3.8) is 0 Å². The van der Waals surface area contributed by atoms with Crippen LogP contribution in [0.2, 0.25) is 0 Å². The molecule has 7 unspecified atom stereocenters. The van der Waals surface area contributed by atoms with E-state index in [4.69, 9.17) is 4.74 Å². The van der Waals surface area contributed by atoms with Crippen molar-refractivity contribution in [2.75, 3.05) is 7.11 Å². The summed E-state index contributed by atoms with van der Waals surface area (Å²) in [5.74, 6) is 4.29. The molecule has 144 valence electrons. The molecule has 25 heavy (non-hydrogen) atoms. The fourth-order valence-electron chi connectivity index (χ4n) is 7.76. The molecule has 0 aromatic heterocycles. The second-order valence-corrected chi connectivity index (χ2v) is 9.82. The van der Waals surface area contributed by atoms with Gasteiger partial charge in [-0.25, -0.2) is 0 Å². The van der Waals surface area contributed by atoms with Gasteiger partial charge in [-0.15, -0.1) is 0 Å². The number of Topliss-reactive ketones (excluding diaryl/α,β-unsaturated/α-hetero) is 1. The first-order valence-electron chi connectivity index (χ1n) is 11.0.